The van der Waals surface area contributed by atoms with Crippen LogP contribution in [0.25, 0.3) is 0 Å². The fourth-order valence-corrected chi connectivity index (χ4v) is 2.95. The van der Waals surface area contributed by atoms with Crippen LogP contribution in [-0.2, 0) is 13.5 Å². The minimum Gasteiger partial charge on any atom is -0.344 e. The third-order valence-electron chi connectivity index (χ3n) is 3.97. The third-order valence-corrected chi connectivity index (χ3v) is 3.97. The molecule has 0 fully saturated rings. The zero-order chi connectivity index (χ0) is 15.0. The maximum absolute atomic E-state index is 12.3. The number of amides is 1. The molecule has 1 aliphatic carbocycles. The van der Waals surface area contributed by atoms with Crippen molar-refractivity contribution in [2.24, 2.45) is 12.5 Å². The first-order valence-electron chi connectivity index (χ1n) is 7.04. The van der Waals surface area contributed by atoms with Crippen LogP contribution >= 0.6 is 0 Å². The number of hydrogen-bond acceptors (Lipinski definition) is 4. The minimum atomic E-state index is -0.194. The molecule has 1 aliphatic rings. The van der Waals surface area contributed by atoms with E-state index < -0.39 is 0 Å². The van der Waals surface area contributed by atoms with Gasteiger partial charge in [0, 0.05) is 30.7 Å². The van der Waals surface area contributed by atoms with Crippen LogP contribution < -0.4 is 5.32 Å². The summed E-state index contributed by atoms with van der Waals surface area (Å²) < 4.78 is 1.90. The van der Waals surface area contributed by atoms with E-state index in [1.807, 2.05) is 17.9 Å². The molecule has 3 rings (SSSR count). The highest BCUT2D eigenvalue weighted by molar-refractivity contribution is 5.92. The van der Waals surface area contributed by atoms with Gasteiger partial charge in [0.05, 0.1) is 18.4 Å². The summed E-state index contributed by atoms with van der Waals surface area (Å²) in [5, 5.41) is 7.40. The molecular weight excluding hydrogens is 266 g/mol. The van der Waals surface area contributed by atoms with Gasteiger partial charge in [-0.3, -0.25) is 14.5 Å². The fourth-order valence-electron chi connectivity index (χ4n) is 2.95. The lowest BCUT2D eigenvalue weighted by Gasteiger charge is -2.35. The summed E-state index contributed by atoms with van der Waals surface area (Å²) >= 11 is 0. The van der Waals surface area contributed by atoms with Gasteiger partial charge in [-0.15, -0.1) is 0 Å². The number of nitrogens with one attached hydrogen (secondary N) is 1. The summed E-state index contributed by atoms with van der Waals surface area (Å²) in [6, 6.07) is -0.0352. The Balaban J connectivity index is 1.87. The number of hydrogen-bond donors (Lipinski definition) is 1. The van der Waals surface area contributed by atoms with Crippen LogP contribution in [0.15, 0.2) is 24.8 Å². The topological polar surface area (TPSA) is 72.7 Å². The van der Waals surface area contributed by atoms with Crippen molar-refractivity contribution in [2.45, 2.75) is 32.7 Å². The van der Waals surface area contributed by atoms with Crippen molar-refractivity contribution in [3.05, 3.63) is 41.7 Å². The highest BCUT2D eigenvalue weighted by Crippen LogP contribution is 2.40. The number of carbonyl (C=O) groups is 1. The SMILES string of the molecule is Cn1ncc2c1CC(C)(C)C[C@H]2NC(=O)c1cnccn1. The lowest BCUT2D eigenvalue weighted by atomic mass is 9.74. The van der Waals surface area contributed by atoms with E-state index in [4.69, 9.17) is 0 Å². The molecule has 0 bridgehead atoms. The number of aromatic nitrogens is 4. The average Bonchev–Trinajstić information content (AvgIpc) is 2.80. The molecule has 0 saturated heterocycles. The lowest BCUT2D eigenvalue weighted by Crippen LogP contribution is -2.37. The number of fused-ring (bicyclic) bond motifs is 1. The predicted molar refractivity (Wildman–Crippen MR) is 77.5 cm³/mol. The molecule has 1 atom stereocenters. The molecule has 0 unspecified atom stereocenters. The van der Waals surface area contributed by atoms with Crippen LogP contribution in [0, 0.1) is 5.41 Å². The second-order valence-electron chi connectivity index (χ2n) is 6.33. The summed E-state index contributed by atoms with van der Waals surface area (Å²) in [6.07, 6.45) is 8.27. The maximum Gasteiger partial charge on any atom is 0.271 e. The quantitative estimate of drug-likeness (QED) is 0.910. The van der Waals surface area contributed by atoms with Crippen molar-refractivity contribution in [3.63, 3.8) is 0 Å². The van der Waals surface area contributed by atoms with Crippen LogP contribution in [-0.4, -0.2) is 25.7 Å². The molecule has 6 heteroatoms. The summed E-state index contributed by atoms with van der Waals surface area (Å²) in [6.45, 7) is 4.43. The van der Waals surface area contributed by atoms with Crippen LogP contribution in [0.1, 0.15) is 48.1 Å². The Kier molecular flexibility index (Phi) is 3.23. The van der Waals surface area contributed by atoms with Gasteiger partial charge < -0.3 is 5.32 Å². The van der Waals surface area contributed by atoms with Crippen molar-refractivity contribution >= 4 is 5.91 Å². The summed E-state index contributed by atoms with van der Waals surface area (Å²) in [7, 11) is 1.95. The van der Waals surface area contributed by atoms with E-state index in [0.29, 0.717) is 5.69 Å². The van der Waals surface area contributed by atoms with Gasteiger partial charge >= 0.3 is 0 Å². The van der Waals surface area contributed by atoms with Gasteiger partial charge in [-0.1, -0.05) is 13.8 Å². The van der Waals surface area contributed by atoms with Gasteiger partial charge in [0.1, 0.15) is 5.69 Å². The summed E-state index contributed by atoms with van der Waals surface area (Å²) in [5.41, 5.74) is 2.76. The molecule has 0 saturated carbocycles. The Morgan fingerprint density at radius 3 is 2.90 bits per heavy atom. The largest absolute Gasteiger partial charge is 0.344 e. The Morgan fingerprint density at radius 2 is 2.19 bits per heavy atom. The van der Waals surface area contributed by atoms with Crippen molar-refractivity contribution < 1.29 is 4.79 Å². The minimum absolute atomic E-state index is 0.0352. The first-order valence-corrected chi connectivity index (χ1v) is 7.04. The highest BCUT2D eigenvalue weighted by atomic mass is 16.1. The Hall–Kier alpha value is -2.24. The zero-order valence-electron chi connectivity index (χ0n) is 12.5. The summed E-state index contributed by atoms with van der Waals surface area (Å²) in [5.74, 6) is -0.194. The normalized spacial score (nSPS) is 19.9. The Bertz CT molecular complexity index is 662. The molecule has 1 amide bonds. The lowest BCUT2D eigenvalue weighted by molar-refractivity contribution is 0.0913. The predicted octanol–water partition coefficient (Wildman–Crippen LogP) is 1.65. The molecule has 110 valence electrons. The third kappa shape index (κ3) is 2.66. The van der Waals surface area contributed by atoms with E-state index in [2.05, 4.69) is 34.2 Å². The Labute approximate surface area is 123 Å². The molecule has 6 nitrogen and oxygen atoms in total. The summed E-state index contributed by atoms with van der Waals surface area (Å²) in [4.78, 5) is 20.3. The van der Waals surface area contributed by atoms with Crippen LogP contribution in [0.5, 0.6) is 0 Å². The number of aryl methyl sites for hydroxylation is 1. The van der Waals surface area contributed by atoms with E-state index >= 15 is 0 Å². The van der Waals surface area contributed by atoms with Crippen molar-refractivity contribution in [3.8, 4) is 0 Å². The van der Waals surface area contributed by atoms with Gasteiger partial charge in [0.15, 0.2) is 0 Å². The van der Waals surface area contributed by atoms with Gasteiger partial charge in [-0.2, -0.15) is 5.10 Å². The van der Waals surface area contributed by atoms with Crippen LogP contribution in [0.2, 0.25) is 0 Å². The van der Waals surface area contributed by atoms with E-state index in [1.165, 1.54) is 18.1 Å². The molecule has 0 aromatic carbocycles. The van der Waals surface area contributed by atoms with Crippen molar-refractivity contribution in [1.29, 1.82) is 0 Å². The number of carbonyl (C=O) groups excluding carboxylic acids is 1. The van der Waals surface area contributed by atoms with Crippen molar-refractivity contribution in [1.82, 2.24) is 25.1 Å². The first kappa shape index (κ1) is 13.7. The number of nitrogens with zero attached hydrogens (tertiary/aromatic N) is 4. The van der Waals surface area contributed by atoms with Gasteiger partial charge in [0.2, 0.25) is 0 Å². The molecule has 2 aromatic heterocycles. The highest BCUT2D eigenvalue weighted by Gasteiger charge is 2.35. The molecule has 1 N–H and O–H groups in total. The van der Waals surface area contributed by atoms with E-state index in [1.54, 1.807) is 6.20 Å². The molecule has 2 aromatic rings. The molecule has 0 aliphatic heterocycles. The monoisotopic (exact) mass is 285 g/mol. The van der Waals surface area contributed by atoms with Crippen LogP contribution in [0.3, 0.4) is 0 Å². The molecular formula is C15H19N5O. The molecule has 0 radical (unpaired) electrons. The van der Waals surface area contributed by atoms with Crippen LogP contribution in [0.4, 0.5) is 0 Å². The van der Waals surface area contributed by atoms with E-state index in [-0.39, 0.29) is 17.4 Å². The Morgan fingerprint density at radius 1 is 1.38 bits per heavy atom. The van der Waals surface area contributed by atoms with Gasteiger partial charge in [-0.05, 0) is 18.3 Å². The fraction of sp³-hybridized carbons (Fsp3) is 0.467. The van der Waals surface area contributed by atoms with Crippen molar-refractivity contribution in [2.75, 3.05) is 0 Å². The zero-order valence-corrected chi connectivity index (χ0v) is 12.5. The smallest absolute Gasteiger partial charge is 0.271 e. The van der Waals surface area contributed by atoms with E-state index in [0.717, 1.165) is 18.4 Å². The molecule has 2 heterocycles. The van der Waals surface area contributed by atoms with Gasteiger partial charge in [-0.25, -0.2) is 4.98 Å². The molecule has 21 heavy (non-hydrogen) atoms. The second-order valence-corrected chi connectivity index (χ2v) is 6.33. The average molecular weight is 285 g/mol. The van der Waals surface area contributed by atoms with Gasteiger partial charge in [0.25, 0.3) is 5.91 Å². The maximum atomic E-state index is 12.3. The molecule has 0 spiro atoms. The first-order chi connectivity index (χ1) is 9.96. The van der Waals surface area contributed by atoms with E-state index in [9.17, 15) is 4.79 Å². The number of rotatable bonds is 2. The standard InChI is InChI=1S/C15H19N5O/c1-15(2)6-11(10-8-18-20(3)13(10)7-15)19-14(21)12-9-16-4-5-17-12/h4-5,8-9,11H,6-7H2,1-3H3,(H,19,21)/t11-/m1/s1. The second kappa shape index (κ2) is 4.95.